The van der Waals surface area contributed by atoms with Crippen molar-refractivity contribution in [2.75, 3.05) is 31.8 Å². The lowest BCUT2D eigenvalue weighted by molar-refractivity contribution is -0.145. The summed E-state index contributed by atoms with van der Waals surface area (Å²) in [5, 5.41) is 0. The van der Waals surface area contributed by atoms with Gasteiger partial charge in [-0.15, -0.1) is 0 Å². The highest BCUT2D eigenvalue weighted by Gasteiger charge is 2.37. The largest absolute Gasteiger partial charge is 0.488 e. The summed E-state index contributed by atoms with van der Waals surface area (Å²) < 4.78 is 16.2. The van der Waals surface area contributed by atoms with Gasteiger partial charge in [0.1, 0.15) is 11.9 Å². The molecule has 2 heterocycles. The van der Waals surface area contributed by atoms with Crippen molar-refractivity contribution in [2.24, 2.45) is 5.92 Å². The number of esters is 1. The average molecular weight is 319 g/mol. The van der Waals surface area contributed by atoms with Crippen LogP contribution in [-0.2, 0) is 19.1 Å². The second kappa shape index (κ2) is 7.00. The standard InChI is InChI=1S/C17H21NO5/c1-21-17(20)12-10-16(19)18(11-12)14-4-2-3-5-15(14)23-13-6-8-22-9-7-13/h2-5,12-13H,6-11H2,1H3. The third-order valence-electron chi connectivity index (χ3n) is 4.28. The van der Waals surface area contributed by atoms with E-state index in [1.165, 1.54) is 7.11 Å². The van der Waals surface area contributed by atoms with E-state index in [2.05, 4.69) is 0 Å². The van der Waals surface area contributed by atoms with E-state index < -0.39 is 5.92 Å². The number of benzene rings is 1. The molecule has 1 aromatic carbocycles. The van der Waals surface area contributed by atoms with Gasteiger partial charge < -0.3 is 19.1 Å². The second-order valence-corrected chi connectivity index (χ2v) is 5.83. The molecule has 1 aromatic rings. The lowest BCUT2D eigenvalue weighted by Gasteiger charge is -2.26. The zero-order valence-corrected chi connectivity index (χ0v) is 13.2. The van der Waals surface area contributed by atoms with E-state index >= 15 is 0 Å². The predicted octanol–water partition coefficient (Wildman–Crippen LogP) is 1.77. The van der Waals surface area contributed by atoms with Crippen LogP contribution in [0.1, 0.15) is 19.3 Å². The summed E-state index contributed by atoms with van der Waals surface area (Å²) in [5.74, 6) is -0.158. The molecule has 2 fully saturated rings. The van der Waals surface area contributed by atoms with Gasteiger partial charge in [0.15, 0.2) is 0 Å². The van der Waals surface area contributed by atoms with Crippen molar-refractivity contribution in [1.29, 1.82) is 0 Å². The molecular formula is C17H21NO5. The Kier molecular flexibility index (Phi) is 4.81. The number of rotatable bonds is 4. The van der Waals surface area contributed by atoms with E-state index in [-0.39, 0.29) is 24.4 Å². The van der Waals surface area contributed by atoms with E-state index in [1.54, 1.807) is 4.90 Å². The molecule has 0 aromatic heterocycles. The fourth-order valence-electron chi connectivity index (χ4n) is 3.02. The number of para-hydroxylation sites is 2. The van der Waals surface area contributed by atoms with Crippen LogP contribution in [0.25, 0.3) is 0 Å². The van der Waals surface area contributed by atoms with Crippen LogP contribution in [0.4, 0.5) is 5.69 Å². The van der Waals surface area contributed by atoms with E-state index in [4.69, 9.17) is 14.2 Å². The lowest BCUT2D eigenvalue weighted by atomic mass is 10.1. The van der Waals surface area contributed by atoms with Crippen LogP contribution in [0.2, 0.25) is 0 Å². The molecule has 3 rings (SSSR count). The highest BCUT2D eigenvalue weighted by atomic mass is 16.5. The summed E-state index contributed by atoms with van der Waals surface area (Å²) in [6, 6.07) is 7.47. The molecule has 0 spiro atoms. The van der Waals surface area contributed by atoms with Crippen molar-refractivity contribution >= 4 is 17.6 Å². The van der Waals surface area contributed by atoms with Crippen molar-refractivity contribution in [3.63, 3.8) is 0 Å². The Morgan fingerprint density at radius 3 is 2.74 bits per heavy atom. The SMILES string of the molecule is COC(=O)C1CC(=O)N(c2ccccc2OC2CCOCC2)C1. The molecule has 2 aliphatic heterocycles. The third kappa shape index (κ3) is 3.47. The van der Waals surface area contributed by atoms with Gasteiger partial charge >= 0.3 is 5.97 Å². The molecule has 0 aliphatic carbocycles. The van der Waals surface area contributed by atoms with E-state index in [1.807, 2.05) is 24.3 Å². The smallest absolute Gasteiger partial charge is 0.311 e. The first-order valence-corrected chi connectivity index (χ1v) is 7.90. The first-order chi connectivity index (χ1) is 11.2. The molecular weight excluding hydrogens is 298 g/mol. The number of carbonyl (C=O) groups excluding carboxylic acids is 2. The molecule has 6 heteroatoms. The Bertz CT molecular complexity index is 582. The molecule has 2 aliphatic rings. The minimum atomic E-state index is -0.413. The van der Waals surface area contributed by atoms with E-state index in [0.29, 0.717) is 25.5 Å². The van der Waals surface area contributed by atoms with E-state index in [9.17, 15) is 9.59 Å². The van der Waals surface area contributed by atoms with Gasteiger partial charge in [0.05, 0.1) is 31.9 Å². The monoisotopic (exact) mass is 319 g/mol. The van der Waals surface area contributed by atoms with Gasteiger partial charge in [-0.2, -0.15) is 0 Å². The van der Waals surface area contributed by atoms with Crippen LogP contribution in [0.15, 0.2) is 24.3 Å². The van der Waals surface area contributed by atoms with Gasteiger partial charge in [0, 0.05) is 25.8 Å². The van der Waals surface area contributed by atoms with Gasteiger partial charge in [0.25, 0.3) is 0 Å². The van der Waals surface area contributed by atoms with Gasteiger partial charge in [-0.05, 0) is 12.1 Å². The summed E-state index contributed by atoms with van der Waals surface area (Å²) in [5.41, 5.74) is 0.718. The van der Waals surface area contributed by atoms with Crippen LogP contribution >= 0.6 is 0 Å². The Balaban J connectivity index is 1.77. The number of nitrogens with zero attached hydrogens (tertiary/aromatic N) is 1. The van der Waals surface area contributed by atoms with Crippen molar-refractivity contribution in [2.45, 2.75) is 25.4 Å². The number of hydrogen-bond acceptors (Lipinski definition) is 5. The molecule has 0 radical (unpaired) electrons. The van der Waals surface area contributed by atoms with E-state index in [0.717, 1.165) is 18.5 Å². The van der Waals surface area contributed by atoms with Gasteiger partial charge in [-0.3, -0.25) is 9.59 Å². The number of amides is 1. The summed E-state index contributed by atoms with van der Waals surface area (Å²) in [7, 11) is 1.34. The van der Waals surface area contributed by atoms with Crippen molar-refractivity contribution in [1.82, 2.24) is 0 Å². The number of anilines is 1. The fourth-order valence-corrected chi connectivity index (χ4v) is 3.02. The maximum atomic E-state index is 12.3. The molecule has 1 unspecified atom stereocenters. The molecule has 2 saturated heterocycles. The average Bonchev–Trinajstić information content (AvgIpc) is 2.97. The normalized spacial score (nSPS) is 22.2. The van der Waals surface area contributed by atoms with Crippen molar-refractivity contribution in [3.8, 4) is 5.75 Å². The molecule has 124 valence electrons. The van der Waals surface area contributed by atoms with Crippen LogP contribution < -0.4 is 9.64 Å². The van der Waals surface area contributed by atoms with Crippen LogP contribution in [0.3, 0.4) is 0 Å². The van der Waals surface area contributed by atoms with Gasteiger partial charge in [-0.1, -0.05) is 12.1 Å². The second-order valence-electron chi connectivity index (χ2n) is 5.83. The molecule has 1 amide bonds. The minimum absolute atomic E-state index is 0.0802. The maximum Gasteiger partial charge on any atom is 0.311 e. The zero-order valence-electron chi connectivity index (χ0n) is 13.2. The van der Waals surface area contributed by atoms with Crippen molar-refractivity contribution < 1.29 is 23.8 Å². The van der Waals surface area contributed by atoms with Crippen LogP contribution in [0, 0.1) is 5.92 Å². The molecule has 23 heavy (non-hydrogen) atoms. The van der Waals surface area contributed by atoms with Crippen LogP contribution in [-0.4, -0.2) is 44.8 Å². The quantitative estimate of drug-likeness (QED) is 0.791. The number of carbonyl (C=O) groups is 2. The van der Waals surface area contributed by atoms with Gasteiger partial charge in [0.2, 0.25) is 5.91 Å². The molecule has 1 atom stereocenters. The lowest BCUT2D eigenvalue weighted by Crippen LogP contribution is -2.29. The fraction of sp³-hybridized carbons (Fsp3) is 0.529. The highest BCUT2D eigenvalue weighted by Crippen LogP contribution is 2.34. The van der Waals surface area contributed by atoms with Crippen molar-refractivity contribution in [3.05, 3.63) is 24.3 Å². The first-order valence-electron chi connectivity index (χ1n) is 7.90. The first kappa shape index (κ1) is 15.8. The topological polar surface area (TPSA) is 65.1 Å². The molecule has 6 nitrogen and oxygen atoms in total. The number of methoxy groups -OCH3 is 1. The zero-order chi connectivity index (χ0) is 16.2. The Hall–Kier alpha value is -2.08. The summed E-state index contributed by atoms with van der Waals surface area (Å²) in [6.07, 6.45) is 1.96. The van der Waals surface area contributed by atoms with Gasteiger partial charge in [-0.25, -0.2) is 0 Å². The Labute approximate surface area is 135 Å². The third-order valence-corrected chi connectivity index (χ3v) is 4.28. The molecule has 0 saturated carbocycles. The highest BCUT2D eigenvalue weighted by molar-refractivity contribution is 6.00. The maximum absolute atomic E-state index is 12.3. The Morgan fingerprint density at radius 1 is 1.26 bits per heavy atom. The number of hydrogen-bond donors (Lipinski definition) is 0. The summed E-state index contributed by atoms with van der Waals surface area (Å²) >= 11 is 0. The summed E-state index contributed by atoms with van der Waals surface area (Å²) in [6.45, 7) is 1.72. The number of ether oxygens (including phenoxy) is 3. The van der Waals surface area contributed by atoms with Crippen LogP contribution in [0.5, 0.6) is 5.75 Å². The minimum Gasteiger partial charge on any atom is -0.488 e. The molecule has 0 N–H and O–H groups in total. The summed E-state index contributed by atoms with van der Waals surface area (Å²) in [4.78, 5) is 25.6. The molecule has 0 bridgehead atoms. The Morgan fingerprint density at radius 2 is 2.00 bits per heavy atom. The predicted molar refractivity (Wildman–Crippen MR) is 83.4 cm³/mol.